The Morgan fingerprint density at radius 2 is 1.12 bits per heavy atom. The van der Waals surface area contributed by atoms with Gasteiger partial charge in [0.25, 0.3) is 0 Å². The van der Waals surface area contributed by atoms with E-state index in [1.54, 1.807) is 12.1 Å². The quantitative estimate of drug-likeness (QED) is 0.00467. The summed E-state index contributed by atoms with van der Waals surface area (Å²) in [5.41, 5.74) is 16.1. The molecule has 5 saturated carbocycles. The van der Waals surface area contributed by atoms with Gasteiger partial charge >= 0.3 is 5.97 Å². The third kappa shape index (κ3) is 37.8. The summed E-state index contributed by atoms with van der Waals surface area (Å²) in [5, 5.41) is 71.8. The van der Waals surface area contributed by atoms with Crippen LogP contribution in [0.25, 0.3) is 0 Å². The van der Waals surface area contributed by atoms with Crippen molar-refractivity contribution in [3.8, 4) is 0 Å². The van der Waals surface area contributed by atoms with E-state index in [1.165, 1.54) is 29.2 Å². The number of rotatable bonds is 42. The van der Waals surface area contributed by atoms with Gasteiger partial charge in [-0.05, 0) is 236 Å². The average Bonchev–Trinajstić information content (AvgIpc) is 1.82. The third-order valence-electron chi connectivity index (χ3n) is 29.7. The molecule has 5 radical (unpaired) electrons. The summed E-state index contributed by atoms with van der Waals surface area (Å²) in [7, 11) is 0. The summed E-state index contributed by atoms with van der Waals surface area (Å²) in [5.74, 6) is -1.68. The minimum Gasteiger partial charge on any atom is -0.593 e. The topological polar surface area (TPSA) is 311 Å². The zero-order valence-corrected chi connectivity index (χ0v) is 103. The first-order chi connectivity index (χ1) is 68.1. The number of benzene rings is 7. The molecule has 777 valence electrons. The number of Topliss-reactive ketones (excluding diaryl/α,β-unsaturated/α-hetero) is 6. The van der Waals surface area contributed by atoms with E-state index in [0.29, 0.717) is 69.3 Å². The second-order valence-electron chi connectivity index (χ2n) is 39.2. The van der Waals surface area contributed by atoms with Crippen LogP contribution < -0.4 is 0 Å². The first-order valence-electron chi connectivity index (χ1n) is 50.7. The number of halogens is 5. The van der Waals surface area contributed by atoms with E-state index in [2.05, 4.69) is 73.3 Å². The molecule has 11 unspecified atom stereocenters. The van der Waals surface area contributed by atoms with Crippen LogP contribution in [-0.4, -0.2) is 148 Å². The van der Waals surface area contributed by atoms with E-state index in [0.717, 1.165) is 215 Å². The smallest absolute Gasteiger partial charge is 0.302 e. The molecule has 0 saturated heterocycles. The number of aryl methyl sites for hydroxylation is 5. The van der Waals surface area contributed by atoms with Crippen molar-refractivity contribution < 1.29 is 256 Å². The molecule has 8 aliphatic carbocycles. The minimum atomic E-state index is -1.32. The number of fused-ring (bicyclic) bond motifs is 3. The SMILES string of the molecule is O=C1C(=O)[C@H](CCc2cccc3c2CCCC3O)[C@@H](COCc2cc[c-]o2)C1O.O=C1C(Cl)C(Cl)[C@H](CCc2cccc(C(O)Cc3ccccc3)c2)[C@H]1COCc1c[c-]ccc1.[CH2-]CC/C=C\C[C@H]1C(O)C(Br)C(Cl)[C@@H]1CCc1cc(Cl)cc(COC(C)=O)c1.[CH2-]CCCCC[C@H]1C(O)CC(=O)[C@@H]1CCc1cccc2c1CCC2=O.[CH2-]CCCOC[C@H]1C(O)CC(=O)[C@@H]1CCc1cccc2c1CCC2O.[Y].[Y].[Y].[Y].[Y]. The molecule has 146 heavy (non-hydrogen) atoms. The second-order valence-corrected chi connectivity index (χ2v) is 42.1. The summed E-state index contributed by atoms with van der Waals surface area (Å²) in [6.07, 6.45) is 26.5. The molecule has 1 aromatic heterocycles. The Morgan fingerprint density at radius 3 is 1.79 bits per heavy atom. The molecule has 21 atom stereocenters. The van der Waals surface area contributed by atoms with Gasteiger partial charge in [-0.15, -0.1) is 46.4 Å². The van der Waals surface area contributed by atoms with Crippen molar-refractivity contribution in [3.05, 3.63) is 303 Å². The summed E-state index contributed by atoms with van der Waals surface area (Å²) in [6.45, 7) is 15.2. The van der Waals surface area contributed by atoms with Crippen LogP contribution in [0.3, 0.4) is 0 Å². The number of esters is 1. The van der Waals surface area contributed by atoms with Gasteiger partial charge < -0.3 is 79.9 Å². The number of carbonyl (C=O) groups excluding carboxylic acids is 7. The zero-order chi connectivity index (χ0) is 101. The number of aliphatic hydroxyl groups is 7. The predicted molar refractivity (Wildman–Crippen MR) is 552 cm³/mol. The molecule has 0 aliphatic heterocycles. The monoisotopic (exact) mass is 2510 g/mol. The van der Waals surface area contributed by atoms with Gasteiger partial charge in [0.15, 0.2) is 11.6 Å². The van der Waals surface area contributed by atoms with Crippen molar-refractivity contribution in [2.75, 3.05) is 26.4 Å². The van der Waals surface area contributed by atoms with Gasteiger partial charge in [0.05, 0.1) is 72.0 Å². The van der Waals surface area contributed by atoms with Gasteiger partial charge in [-0.1, -0.05) is 187 Å². The fraction of sp³-hybridized carbons (Fsp3) is 0.504. The molecule has 16 rings (SSSR count). The first-order valence-corrected chi connectivity index (χ1v) is 53.3. The number of allylic oxidation sites excluding steroid dienone is 2. The number of furan rings is 1. The zero-order valence-electron chi connectivity index (χ0n) is 84.0. The molecule has 8 aliphatic rings. The fourth-order valence-electron chi connectivity index (χ4n) is 21.9. The van der Waals surface area contributed by atoms with E-state index >= 15 is 0 Å². The molecule has 19 nitrogen and oxygen atoms in total. The third-order valence-corrected chi connectivity index (χ3v) is 33.1. The van der Waals surface area contributed by atoms with E-state index in [-0.39, 0.29) is 283 Å². The van der Waals surface area contributed by atoms with Gasteiger partial charge in [0.1, 0.15) is 29.7 Å². The number of hydrogen-bond donors (Lipinski definition) is 7. The van der Waals surface area contributed by atoms with Crippen molar-refractivity contribution in [1.29, 1.82) is 0 Å². The normalized spacial score (nSPS) is 25.2. The van der Waals surface area contributed by atoms with Crippen LogP contribution in [0.5, 0.6) is 0 Å². The average molecular weight is 2520 g/mol. The van der Waals surface area contributed by atoms with Crippen molar-refractivity contribution in [2.45, 2.75) is 283 Å². The number of unbranched alkanes of at least 4 members (excludes halogenated alkanes) is 5. The van der Waals surface area contributed by atoms with E-state index < -0.39 is 70.8 Å². The van der Waals surface area contributed by atoms with Crippen molar-refractivity contribution in [1.82, 2.24) is 0 Å². The van der Waals surface area contributed by atoms with Gasteiger partial charge in [0.2, 0.25) is 11.6 Å². The maximum absolute atomic E-state index is 12.8. The van der Waals surface area contributed by atoms with Crippen LogP contribution in [0.15, 0.2) is 180 Å². The molecule has 7 aromatic carbocycles. The predicted octanol–water partition coefficient (Wildman–Crippen LogP) is 21.0. The minimum absolute atomic E-state index is 0. The standard InChI is InChI=1S/C29H29Cl2O3.C23H25O6.C22H28BrCl2O3.C22H29O3.C21H29O4.5Y/c30-27-24(25(29(33)28(27)31)19-34-18-22-10-5-2-6-11-22)15-14-21-12-7-13-23(16-21)26(32)17-20-8-3-1-4-9-20;24-20-8-2-6-16-14(4-1-7-17(16)20)9-10-18-19(22(26)23(27)21(18)25)13-28-12-15-5-3-11-29-15;1-3-4-5-6-7-19-18(21(25)20(23)22(19)27)9-8-15-10-16(12-17(24)11-15)13-28-14(2)26;1-2-3-4-5-8-18-19(22(25)14-21(18)24)11-10-15-7-6-9-17-16(15)12-13-20(17)23;1-2-3-11-25-13-18-17(20(23)12-21(18)24)8-7-14-5-4-6-16-15(14)9-10-19(16)22;;;;;/h1-5,7-13,16,24-28,32H,14-15,17-19H2;1,3-5,7,18-20,22,24,26H,2,6,8-10,12-13H2;5-6,10-12,18-22,27H,1,3-4,7-9,13H2,2H3;6-7,9,18-19,21,24H,1-5,8,10-14H2;4-6,17-19,21-22,24H,1-3,7-13H2;;;;;/q5*-1;;;;;/b;;6-5-;;;;;;;/t24-,25-,26?,27?,28?;18-,19-,20?,22?;18-,19-,20?,21?,22?;18-,19-,21?;17-,18-,19?,21?;;;;;/m11111...../s1. The number of ketones is 6. The van der Waals surface area contributed by atoms with Crippen LogP contribution in [-0.2, 0) is 289 Å². The molecular formula is C117H140BrCl4O19Y5-5. The molecule has 29 heteroatoms. The van der Waals surface area contributed by atoms with Crippen molar-refractivity contribution in [2.24, 2.45) is 59.2 Å². The van der Waals surface area contributed by atoms with Crippen LogP contribution >= 0.6 is 62.3 Å². The van der Waals surface area contributed by atoms with E-state index in [9.17, 15) is 69.3 Å². The summed E-state index contributed by atoms with van der Waals surface area (Å²) < 4.78 is 27.3. The van der Waals surface area contributed by atoms with Crippen LogP contribution in [0.1, 0.15) is 254 Å². The number of carbonyl (C=O) groups is 7. The Morgan fingerprint density at radius 1 is 0.514 bits per heavy atom. The Kier molecular flexibility index (Phi) is 60.7. The summed E-state index contributed by atoms with van der Waals surface area (Å²) >= 11 is 29.4. The molecule has 1 heterocycles. The number of aliphatic hydroxyl groups excluding tert-OH is 7. The summed E-state index contributed by atoms with van der Waals surface area (Å²) in [6, 6.07) is 55.7. The fourth-order valence-corrected chi connectivity index (χ4v) is 24.2. The molecule has 7 N–H and O–H groups in total. The molecular weight excluding hydrogens is 2380 g/mol. The largest absolute Gasteiger partial charge is 0.593 e. The molecule has 0 amide bonds. The molecule has 5 fully saturated rings. The maximum Gasteiger partial charge on any atom is 0.302 e. The van der Waals surface area contributed by atoms with Gasteiger partial charge in [-0.2, -0.15) is 55.7 Å². The summed E-state index contributed by atoms with van der Waals surface area (Å²) in [4.78, 5) is 84.8. The second kappa shape index (κ2) is 67.8. The Labute approximate surface area is 1020 Å². The van der Waals surface area contributed by atoms with E-state index in [1.807, 2.05) is 140 Å². The first kappa shape index (κ1) is 131. The Hall–Kier alpha value is -2.19. The number of ether oxygens (including phenoxy) is 4. The van der Waals surface area contributed by atoms with Crippen molar-refractivity contribution in [3.63, 3.8) is 0 Å². The Balaban J connectivity index is 0.000000246. The van der Waals surface area contributed by atoms with Gasteiger partial charge in [-0.25, -0.2) is 0 Å². The molecule has 0 bridgehead atoms. The van der Waals surface area contributed by atoms with Crippen LogP contribution in [0.2, 0.25) is 5.02 Å². The Bertz CT molecular complexity index is 5370. The van der Waals surface area contributed by atoms with Crippen LogP contribution in [0, 0.1) is 92.3 Å². The molecule has 0 spiro atoms. The van der Waals surface area contributed by atoms with E-state index in [4.69, 9.17) is 69.8 Å². The number of alkyl halides is 4. The molecule has 8 aromatic rings. The number of hydrogen-bond acceptors (Lipinski definition) is 19. The van der Waals surface area contributed by atoms with Gasteiger partial charge in [0, 0.05) is 262 Å². The van der Waals surface area contributed by atoms with Crippen molar-refractivity contribution >= 4 is 103 Å². The maximum atomic E-state index is 12.8. The van der Waals surface area contributed by atoms with Gasteiger partial charge in [-0.3, -0.25) is 33.6 Å². The van der Waals surface area contributed by atoms with Crippen LogP contribution in [0.4, 0.5) is 0 Å².